The molecule has 0 radical (unpaired) electrons. The number of aryl methyl sites for hydroxylation is 1. The Morgan fingerprint density at radius 2 is 1.82 bits per heavy atom. The molecule has 3 N–H and O–H groups in total. The lowest BCUT2D eigenvalue weighted by Gasteiger charge is -2.24. The quantitative estimate of drug-likeness (QED) is 0.648. The van der Waals surface area contributed by atoms with Crippen molar-refractivity contribution in [2.24, 2.45) is 11.8 Å². The third kappa shape index (κ3) is 4.61. The maximum Gasteiger partial charge on any atom is 0.307 e. The molecule has 3 rings (SSSR count). The molecule has 0 saturated heterocycles. The zero-order valence-electron chi connectivity index (χ0n) is 16.2. The van der Waals surface area contributed by atoms with Crippen LogP contribution in [0.25, 0.3) is 0 Å². The van der Waals surface area contributed by atoms with E-state index in [1.165, 1.54) is 6.42 Å². The van der Waals surface area contributed by atoms with Gasteiger partial charge in [0.05, 0.1) is 17.5 Å². The van der Waals surface area contributed by atoms with Gasteiger partial charge in [0.2, 0.25) is 5.91 Å². The number of hydrogen-bond donors (Lipinski definition) is 3. The van der Waals surface area contributed by atoms with E-state index in [1.807, 2.05) is 13.0 Å². The molecular formula is C20H28N4O4. The van der Waals surface area contributed by atoms with E-state index in [4.69, 9.17) is 0 Å². The van der Waals surface area contributed by atoms with Crippen LogP contribution in [0.1, 0.15) is 62.4 Å². The number of amides is 2. The van der Waals surface area contributed by atoms with Crippen LogP contribution in [-0.2, 0) is 16.1 Å². The van der Waals surface area contributed by atoms with Gasteiger partial charge in [-0.05, 0) is 32.6 Å². The molecule has 0 aromatic carbocycles. The Kier molecular flexibility index (Phi) is 6.49. The molecule has 1 heterocycles. The second-order valence-corrected chi connectivity index (χ2v) is 7.54. The average molecular weight is 388 g/mol. The number of rotatable bonds is 6. The Morgan fingerprint density at radius 3 is 2.46 bits per heavy atom. The summed E-state index contributed by atoms with van der Waals surface area (Å²) in [6.45, 7) is 2.46. The van der Waals surface area contributed by atoms with Crippen LogP contribution >= 0.6 is 0 Å². The number of carboxylic acid groups (broad SMARTS) is 1. The zero-order valence-corrected chi connectivity index (χ0v) is 16.2. The number of hydrogen-bond acceptors (Lipinski definition) is 4. The van der Waals surface area contributed by atoms with Crippen molar-refractivity contribution in [3.05, 3.63) is 24.0 Å². The van der Waals surface area contributed by atoms with E-state index >= 15 is 0 Å². The Labute approximate surface area is 164 Å². The highest BCUT2D eigenvalue weighted by atomic mass is 16.4. The number of aliphatic carboxylic acids is 1. The maximum absolute atomic E-state index is 12.8. The first kappa shape index (κ1) is 20.1. The second kappa shape index (κ2) is 9.03. The van der Waals surface area contributed by atoms with Crippen molar-refractivity contribution in [2.75, 3.05) is 5.32 Å². The van der Waals surface area contributed by atoms with Crippen LogP contribution in [0.2, 0.25) is 0 Å². The second-order valence-electron chi connectivity index (χ2n) is 7.54. The highest BCUT2D eigenvalue weighted by molar-refractivity contribution is 6.03. The fourth-order valence-corrected chi connectivity index (χ4v) is 3.95. The summed E-state index contributed by atoms with van der Waals surface area (Å²) >= 11 is 0. The smallest absolute Gasteiger partial charge is 0.307 e. The first-order valence-corrected chi connectivity index (χ1v) is 10.1. The number of allylic oxidation sites excluding steroid dienone is 2. The Balaban J connectivity index is 1.74. The number of aromatic nitrogens is 2. The lowest BCUT2D eigenvalue weighted by molar-refractivity contribution is -0.146. The molecule has 0 bridgehead atoms. The van der Waals surface area contributed by atoms with Crippen LogP contribution in [0.3, 0.4) is 0 Å². The molecule has 28 heavy (non-hydrogen) atoms. The molecule has 8 heteroatoms. The van der Waals surface area contributed by atoms with E-state index in [9.17, 15) is 19.5 Å². The molecule has 1 fully saturated rings. The molecule has 2 amide bonds. The Hall–Kier alpha value is -2.64. The third-order valence-corrected chi connectivity index (χ3v) is 5.59. The van der Waals surface area contributed by atoms with Crippen molar-refractivity contribution in [2.45, 2.75) is 64.5 Å². The summed E-state index contributed by atoms with van der Waals surface area (Å²) < 4.78 is 1.60. The summed E-state index contributed by atoms with van der Waals surface area (Å²) in [7, 11) is 0. The van der Waals surface area contributed by atoms with Gasteiger partial charge in [-0.15, -0.1) is 0 Å². The summed E-state index contributed by atoms with van der Waals surface area (Å²) in [6, 6.07) is 0.136. The third-order valence-electron chi connectivity index (χ3n) is 5.59. The standard InChI is InChI=1S/C20H28N4O4/c1-2-24-12-16(17(23-24)19(26)21-13-8-4-3-5-9-13)22-18(25)14-10-6-7-11-15(14)20(27)28/h6-7,12-15H,2-5,8-11H2,1H3,(H,21,26)(H,22,25)(H,27,28). The van der Waals surface area contributed by atoms with Gasteiger partial charge in [0.1, 0.15) is 0 Å². The van der Waals surface area contributed by atoms with E-state index in [2.05, 4.69) is 15.7 Å². The summed E-state index contributed by atoms with van der Waals surface area (Å²) in [5.74, 6) is -3.09. The molecule has 0 aliphatic heterocycles. The van der Waals surface area contributed by atoms with Crippen LogP contribution in [0.4, 0.5) is 5.69 Å². The summed E-state index contributed by atoms with van der Waals surface area (Å²) in [5, 5.41) is 19.5. The van der Waals surface area contributed by atoms with Crippen LogP contribution < -0.4 is 10.6 Å². The number of nitrogens with one attached hydrogen (secondary N) is 2. The highest BCUT2D eigenvalue weighted by Crippen LogP contribution is 2.28. The van der Waals surface area contributed by atoms with Gasteiger partial charge in [0, 0.05) is 18.8 Å². The van der Waals surface area contributed by atoms with E-state index in [1.54, 1.807) is 17.0 Å². The summed E-state index contributed by atoms with van der Waals surface area (Å²) in [5.41, 5.74) is 0.512. The molecule has 2 aliphatic rings. The van der Waals surface area contributed by atoms with Gasteiger partial charge in [-0.25, -0.2) is 0 Å². The molecule has 152 valence electrons. The van der Waals surface area contributed by atoms with Gasteiger partial charge in [0.15, 0.2) is 5.69 Å². The van der Waals surface area contributed by atoms with Gasteiger partial charge in [0.25, 0.3) is 5.91 Å². The van der Waals surface area contributed by atoms with E-state index < -0.39 is 17.8 Å². The lowest BCUT2D eigenvalue weighted by Crippen LogP contribution is -2.37. The molecule has 2 aliphatic carbocycles. The number of anilines is 1. The van der Waals surface area contributed by atoms with Crippen molar-refractivity contribution in [3.8, 4) is 0 Å². The zero-order chi connectivity index (χ0) is 20.1. The van der Waals surface area contributed by atoms with Gasteiger partial charge >= 0.3 is 5.97 Å². The van der Waals surface area contributed by atoms with Crippen molar-refractivity contribution >= 4 is 23.5 Å². The molecule has 1 saturated carbocycles. The number of carboxylic acids is 1. The topological polar surface area (TPSA) is 113 Å². The summed E-state index contributed by atoms with van der Waals surface area (Å²) in [6.07, 6.45) is 11.3. The number of carbonyl (C=O) groups is 3. The first-order chi connectivity index (χ1) is 13.5. The predicted octanol–water partition coefficient (Wildman–Crippen LogP) is 2.57. The van der Waals surface area contributed by atoms with Crippen molar-refractivity contribution in [1.82, 2.24) is 15.1 Å². The molecule has 2 atom stereocenters. The fourth-order valence-electron chi connectivity index (χ4n) is 3.95. The minimum absolute atomic E-state index is 0.136. The molecule has 2 unspecified atom stereocenters. The monoisotopic (exact) mass is 388 g/mol. The SMILES string of the molecule is CCn1cc(NC(=O)C2CC=CCC2C(=O)O)c(C(=O)NC2CCCCC2)n1. The van der Waals surface area contributed by atoms with Crippen LogP contribution in [-0.4, -0.2) is 38.7 Å². The van der Waals surface area contributed by atoms with Gasteiger partial charge in [-0.2, -0.15) is 5.10 Å². The van der Waals surface area contributed by atoms with Gasteiger partial charge in [-0.1, -0.05) is 31.4 Å². The first-order valence-electron chi connectivity index (χ1n) is 10.1. The van der Waals surface area contributed by atoms with Crippen LogP contribution in [0, 0.1) is 11.8 Å². The summed E-state index contributed by atoms with van der Waals surface area (Å²) in [4.78, 5) is 37.0. The highest BCUT2D eigenvalue weighted by Gasteiger charge is 2.35. The average Bonchev–Trinajstić information content (AvgIpc) is 3.11. The van der Waals surface area contributed by atoms with E-state index in [0.717, 1.165) is 25.7 Å². The molecule has 8 nitrogen and oxygen atoms in total. The molecule has 1 aromatic rings. The van der Waals surface area contributed by atoms with Crippen molar-refractivity contribution in [3.63, 3.8) is 0 Å². The Morgan fingerprint density at radius 1 is 1.14 bits per heavy atom. The lowest BCUT2D eigenvalue weighted by atomic mass is 9.82. The van der Waals surface area contributed by atoms with Crippen LogP contribution in [0.5, 0.6) is 0 Å². The minimum Gasteiger partial charge on any atom is -0.481 e. The molecular weight excluding hydrogens is 360 g/mol. The van der Waals surface area contributed by atoms with Crippen LogP contribution in [0.15, 0.2) is 18.3 Å². The fraction of sp³-hybridized carbons (Fsp3) is 0.600. The number of carbonyl (C=O) groups excluding carboxylic acids is 2. The largest absolute Gasteiger partial charge is 0.481 e. The number of nitrogens with zero attached hydrogens (tertiary/aromatic N) is 2. The van der Waals surface area contributed by atoms with Crippen molar-refractivity contribution in [1.29, 1.82) is 0 Å². The Bertz CT molecular complexity index is 764. The van der Waals surface area contributed by atoms with Crippen molar-refractivity contribution < 1.29 is 19.5 Å². The predicted molar refractivity (Wildman–Crippen MR) is 104 cm³/mol. The molecule has 1 aromatic heterocycles. The maximum atomic E-state index is 12.8. The van der Waals surface area contributed by atoms with Gasteiger partial charge in [-0.3, -0.25) is 19.1 Å². The normalized spacial score (nSPS) is 22.6. The minimum atomic E-state index is -0.982. The van der Waals surface area contributed by atoms with Gasteiger partial charge < -0.3 is 15.7 Å². The molecule has 0 spiro atoms. The van der Waals surface area contributed by atoms with E-state index in [0.29, 0.717) is 25.1 Å². The van der Waals surface area contributed by atoms with E-state index in [-0.39, 0.29) is 23.6 Å².